The van der Waals surface area contributed by atoms with E-state index in [4.69, 9.17) is 14.4 Å². The lowest BCUT2D eigenvalue weighted by Gasteiger charge is -2.32. The Morgan fingerprint density at radius 3 is 2.05 bits per heavy atom. The van der Waals surface area contributed by atoms with Crippen LogP contribution in [0.3, 0.4) is 0 Å². The van der Waals surface area contributed by atoms with Crippen molar-refractivity contribution in [1.82, 2.24) is 4.98 Å². The number of pyridine rings is 1. The fourth-order valence-corrected chi connectivity index (χ4v) is 2.23. The summed E-state index contributed by atoms with van der Waals surface area (Å²) in [6.45, 7) is 11.7. The van der Waals surface area contributed by atoms with Gasteiger partial charge in [-0.25, -0.2) is 13.6 Å². The maximum absolute atomic E-state index is 11.3. The lowest BCUT2D eigenvalue weighted by atomic mass is 9.84. The first-order valence-corrected chi connectivity index (χ1v) is 8.42. The van der Waals surface area contributed by atoms with E-state index in [-0.39, 0.29) is 4.90 Å². The molecule has 2 N–H and O–H groups in total. The number of sulfonamides is 1. The predicted molar refractivity (Wildman–Crippen MR) is 82.7 cm³/mol. The maximum Gasteiger partial charge on any atom is 0.514 e. The van der Waals surface area contributed by atoms with Gasteiger partial charge in [0.1, 0.15) is 0 Å². The number of hydrogen-bond donors (Lipinski definition) is 1. The van der Waals surface area contributed by atoms with Gasteiger partial charge in [-0.3, -0.25) is 4.98 Å². The van der Waals surface area contributed by atoms with E-state index < -0.39 is 28.3 Å². The van der Waals surface area contributed by atoms with Crippen molar-refractivity contribution in [3.8, 4) is 0 Å². The molecular weight excluding hydrogens is 291 g/mol. The van der Waals surface area contributed by atoms with E-state index in [2.05, 4.69) is 4.98 Å². The largest absolute Gasteiger partial charge is 0.514 e. The van der Waals surface area contributed by atoms with Crippen LogP contribution < -0.4 is 10.7 Å². The molecular formula is C13H23BN2O4S. The van der Waals surface area contributed by atoms with Crippen LogP contribution in [0, 0.1) is 0 Å². The highest BCUT2D eigenvalue weighted by atomic mass is 32.2. The van der Waals surface area contributed by atoms with Gasteiger partial charge in [0.15, 0.2) is 0 Å². The summed E-state index contributed by atoms with van der Waals surface area (Å²) in [4.78, 5) is 4.09. The molecule has 1 saturated heterocycles. The van der Waals surface area contributed by atoms with Gasteiger partial charge in [-0.15, -0.1) is 0 Å². The Labute approximate surface area is 127 Å². The van der Waals surface area contributed by atoms with Crippen LogP contribution in [0.2, 0.25) is 0 Å². The lowest BCUT2D eigenvalue weighted by Crippen LogP contribution is -2.41. The van der Waals surface area contributed by atoms with E-state index >= 15 is 0 Å². The lowest BCUT2D eigenvalue weighted by molar-refractivity contribution is 0.00578. The van der Waals surface area contributed by atoms with E-state index in [9.17, 15) is 8.42 Å². The first-order valence-electron chi connectivity index (χ1n) is 6.87. The average Bonchev–Trinajstić information content (AvgIpc) is 2.60. The summed E-state index contributed by atoms with van der Waals surface area (Å²) in [5.41, 5.74) is -0.612. The Kier molecular flexibility index (Phi) is 5.20. The first-order chi connectivity index (χ1) is 9.53. The Morgan fingerprint density at radius 1 is 1.14 bits per heavy atom. The normalized spacial score (nSPS) is 19.9. The molecule has 0 saturated carbocycles. The maximum atomic E-state index is 11.3. The van der Waals surface area contributed by atoms with Gasteiger partial charge in [0, 0.05) is 6.20 Å². The third-order valence-corrected chi connectivity index (χ3v) is 4.49. The molecule has 0 bridgehead atoms. The molecule has 1 aliphatic rings. The number of nitrogens with two attached hydrogens (primary N) is 1. The minimum Gasteiger partial charge on any atom is -0.398 e. The monoisotopic (exact) mass is 314 g/mol. The molecule has 0 unspecified atom stereocenters. The van der Waals surface area contributed by atoms with E-state index in [1.54, 1.807) is 0 Å². The van der Waals surface area contributed by atoms with Gasteiger partial charge in [-0.1, -0.05) is 13.8 Å². The molecule has 0 amide bonds. The summed E-state index contributed by atoms with van der Waals surface area (Å²) in [6, 6.07) is 2.71. The van der Waals surface area contributed by atoms with E-state index in [0.29, 0.717) is 5.59 Å². The predicted octanol–water partition coefficient (Wildman–Crippen LogP) is 1.05. The van der Waals surface area contributed by atoms with Crippen molar-refractivity contribution in [2.45, 2.75) is 57.6 Å². The molecule has 2 heterocycles. The second kappa shape index (κ2) is 6.04. The topological polar surface area (TPSA) is 91.5 Å². The third kappa shape index (κ3) is 3.82. The molecule has 1 fully saturated rings. The highest BCUT2D eigenvalue weighted by Gasteiger charge is 2.52. The van der Waals surface area contributed by atoms with Gasteiger partial charge < -0.3 is 9.31 Å². The fraction of sp³-hybridized carbons (Fsp3) is 0.615. The minimum absolute atomic E-state index is 0.00721. The molecule has 21 heavy (non-hydrogen) atoms. The molecule has 0 aromatic carbocycles. The number of hydrogen-bond acceptors (Lipinski definition) is 5. The van der Waals surface area contributed by atoms with Crippen LogP contribution in [-0.2, 0) is 19.3 Å². The molecule has 118 valence electrons. The quantitative estimate of drug-likeness (QED) is 0.824. The van der Waals surface area contributed by atoms with Crippen LogP contribution in [0.5, 0.6) is 0 Å². The van der Waals surface area contributed by atoms with Gasteiger partial charge in [-0.05, 0) is 39.8 Å². The summed E-state index contributed by atoms with van der Waals surface area (Å²) in [7, 11) is -4.47. The number of aromatic nitrogens is 1. The van der Waals surface area contributed by atoms with Gasteiger partial charge in [0.25, 0.3) is 0 Å². The highest BCUT2D eigenvalue weighted by Crippen LogP contribution is 2.36. The highest BCUT2D eigenvalue weighted by molar-refractivity contribution is 7.89. The standard InChI is InChI=1S/C11H17BN2O4S.C2H6/c1-10(2)11(3,4)18-12(17-10)9-7-8(5-6-14-9)19(13,15)16;1-2/h5-7H,1-4H3,(H2,13,15,16);1-2H3. The summed E-state index contributed by atoms with van der Waals surface area (Å²) in [6.07, 6.45) is 1.38. The van der Waals surface area contributed by atoms with Crippen LogP contribution in [-0.4, -0.2) is 31.7 Å². The molecule has 2 rings (SSSR count). The van der Waals surface area contributed by atoms with Crippen molar-refractivity contribution in [2.75, 3.05) is 0 Å². The molecule has 1 aromatic rings. The van der Waals surface area contributed by atoms with Crippen molar-refractivity contribution in [2.24, 2.45) is 5.14 Å². The van der Waals surface area contributed by atoms with Crippen LogP contribution >= 0.6 is 0 Å². The van der Waals surface area contributed by atoms with Crippen molar-refractivity contribution < 1.29 is 17.7 Å². The zero-order valence-corrected chi connectivity index (χ0v) is 14.2. The molecule has 6 nitrogen and oxygen atoms in total. The Hall–Kier alpha value is -0.955. The van der Waals surface area contributed by atoms with Crippen LogP contribution in [0.1, 0.15) is 41.5 Å². The van der Waals surface area contributed by atoms with Crippen LogP contribution in [0.4, 0.5) is 0 Å². The molecule has 1 aliphatic heterocycles. The SMILES string of the molecule is CC.CC1(C)OB(c2cc(S(N)(=O)=O)ccn2)OC1(C)C. The Balaban J connectivity index is 0.00000106. The summed E-state index contributed by atoms with van der Waals surface area (Å²) >= 11 is 0. The molecule has 0 radical (unpaired) electrons. The molecule has 0 spiro atoms. The molecule has 0 atom stereocenters. The van der Waals surface area contributed by atoms with Gasteiger partial charge >= 0.3 is 7.12 Å². The smallest absolute Gasteiger partial charge is 0.398 e. The number of primary sulfonamides is 1. The average molecular weight is 314 g/mol. The summed E-state index contributed by atoms with van der Waals surface area (Å²) in [5.74, 6) is 0. The van der Waals surface area contributed by atoms with Gasteiger partial charge in [0.05, 0.1) is 21.7 Å². The third-order valence-electron chi connectivity index (χ3n) is 3.58. The van der Waals surface area contributed by atoms with Crippen molar-refractivity contribution in [1.29, 1.82) is 0 Å². The van der Waals surface area contributed by atoms with E-state index in [1.807, 2.05) is 41.5 Å². The molecule has 0 aliphatic carbocycles. The Morgan fingerprint density at radius 2 is 1.62 bits per heavy atom. The second-order valence-corrected chi connectivity index (χ2v) is 7.11. The van der Waals surface area contributed by atoms with E-state index in [0.717, 1.165) is 0 Å². The first kappa shape index (κ1) is 18.1. The molecule has 8 heteroatoms. The van der Waals surface area contributed by atoms with Crippen LogP contribution in [0.25, 0.3) is 0 Å². The second-order valence-electron chi connectivity index (χ2n) is 5.55. The zero-order chi connectivity index (χ0) is 16.5. The Bertz CT molecular complexity index is 586. The van der Waals surface area contributed by atoms with Gasteiger partial charge in [0.2, 0.25) is 10.0 Å². The zero-order valence-electron chi connectivity index (χ0n) is 13.4. The summed E-state index contributed by atoms with van der Waals surface area (Å²) in [5, 5.41) is 5.09. The minimum atomic E-state index is -3.76. The van der Waals surface area contributed by atoms with E-state index in [1.165, 1.54) is 18.3 Å². The van der Waals surface area contributed by atoms with Gasteiger partial charge in [-0.2, -0.15) is 0 Å². The fourth-order valence-electron chi connectivity index (χ4n) is 1.70. The number of rotatable bonds is 2. The van der Waals surface area contributed by atoms with Crippen molar-refractivity contribution >= 4 is 22.7 Å². The summed E-state index contributed by atoms with van der Waals surface area (Å²) < 4.78 is 34.2. The number of nitrogens with zero attached hydrogens (tertiary/aromatic N) is 1. The van der Waals surface area contributed by atoms with Crippen molar-refractivity contribution in [3.05, 3.63) is 18.3 Å². The van der Waals surface area contributed by atoms with Crippen LogP contribution in [0.15, 0.2) is 23.2 Å². The van der Waals surface area contributed by atoms with Crippen molar-refractivity contribution in [3.63, 3.8) is 0 Å². The molecule has 1 aromatic heterocycles.